The summed E-state index contributed by atoms with van der Waals surface area (Å²) in [6.07, 6.45) is 10.9. The first-order chi connectivity index (χ1) is 11.2. The largest absolute Gasteiger partial charge is 0.350 e. The molecule has 122 valence electrons. The molecule has 23 heavy (non-hydrogen) atoms. The summed E-state index contributed by atoms with van der Waals surface area (Å²) in [5.74, 6) is 0.177. The van der Waals surface area contributed by atoms with Crippen LogP contribution < -0.4 is 10.2 Å². The van der Waals surface area contributed by atoms with E-state index in [0.717, 1.165) is 37.1 Å². The van der Waals surface area contributed by atoms with E-state index in [0.29, 0.717) is 12.5 Å². The van der Waals surface area contributed by atoms with Crippen molar-refractivity contribution in [2.24, 2.45) is 0 Å². The highest BCUT2D eigenvalue weighted by Gasteiger charge is 2.21. The molecule has 1 aliphatic heterocycles. The summed E-state index contributed by atoms with van der Waals surface area (Å²) in [5.41, 5.74) is 1.91. The number of anilines is 1. The minimum Gasteiger partial charge on any atom is -0.350 e. The van der Waals surface area contributed by atoms with Crippen LogP contribution in [-0.2, 0) is 9.59 Å². The molecule has 2 aliphatic rings. The summed E-state index contributed by atoms with van der Waals surface area (Å²) in [7, 11) is 0. The van der Waals surface area contributed by atoms with Gasteiger partial charge in [-0.3, -0.25) is 9.59 Å². The summed E-state index contributed by atoms with van der Waals surface area (Å²) in [6.45, 7) is 0.803. The van der Waals surface area contributed by atoms with Crippen LogP contribution in [0.3, 0.4) is 0 Å². The normalized spacial score (nSPS) is 19.5. The molecule has 1 saturated carbocycles. The summed E-state index contributed by atoms with van der Waals surface area (Å²) in [5, 5.41) is 3.07. The Morgan fingerprint density at radius 3 is 2.48 bits per heavy atom. The first-order valence-corrected chi connectivity index (χ1v) is 8.61. The second-order valence-electron chi connectivity index (χ2n) is 6.42. The molecule has 2 amide bonds. The Labute approximate surface area is 137 Å². The Bertz CT molecular complexity index is 586. The molecule has 1 aliphatic carbocycles. The molecule has 1 aromatic carbocycles. The van der Waals surface area contributed by atoms with Crippen LogP contribution in [0.15, 0.2) is 30.3 Å². The third kappa shape index (κ3) is 4.21. The van der Waals surface area contributed by atoms with Gasteiger partial charge >= 0.3 is 0 Å². The van der Waals surface area contributed by atoms with Crippen LogP contribution >= 0.6 is 0 Å². The molecule has 1 aromatic rings. The van der Waals surface area contributed by atoms with Crippen LogP contribution in [0.5, 0.6) is 0 Å². The number of amides is 2. The molecule has 0 spiro atoms. The van der Waals surface area contributed by atoms with Crippen molar-refractivity contribution in [1.29, 1.82) is 0 Å². The molecule has 2 fully saturated rings. The van der Waals surface area contributed by atoms with Crippen molar-refractivity contribution >= 4 is 23.6 Å². The van der Waals surface area contributed by atoms with E-state index in [1.807, 2.05) is 35.2 Å². The van der Waals surface area contributed by atoms with Crippen LogP contribution in [0.4, 0.5) is 5.69 Å². The summed E-state index contributed by atoms with van der Waals surface area (Å²) in [4.78, 5) is 25.5. The first kappa shape index (κ1) is 15.8. The highest BCUT2D eigenvalue weighted by atomic mass is 16.2. The summed E-state index contributed by atoms with van der Waals surface area (Å²) < 4.78 is 0. The molecule has 4 heteroatoms. The fraction of sp³-hybridized carbons (Fsp3) is 0.474. The van der Waals surface area contributed by atoms with Gasteiger partial charge in [-0.05, 0) is 43.0 Å². The first-order valence-electron chi connectivity index (χ1n) is 8.61. The molecule has 3 rings (SSSR count). The topological polar surface area (TPSA) is 49.4 Å². The van der Waals surface area contributed by atoms with Crippen LogP contribution in [0, 0.1) is 0 Å². The lowest BCUT2D eigenvalue weighted by molar-refractivity contribution is -0.118. The molecule has 0 atom stereocenters. The maximum Gasteiger partial charge on any atom is 0.244 e. The predicted octanol–water partition coefficient (Wildman–Crippen LogP) is 3.28. The molecule has 1 saturated heterocycles. The van der Waals surface area contributed by atoms with Gasteiger partial charge in [-0.25, -0.2) is 0 Å². The van der Waals surface area contributed by atoms with Gasteiger partial charge in [0.2, 0.25) is 11.8 Å². The molecule has 0 radical (unpaired) electrons. The van der Waals surface area contributed by atoms with E-state index in [9.17, 15) is 9.59 Å². The molecule has 0 unspecified atom stereocenters. The molecule has 1 heterocycles. The van der Waals surface area contributed by atoms with Gasteiger partial charge in [-0.15, -0.1) is 0 Å². The minimum atomic E-state index is -0.0179. The van der Waals surface area contributed by atoms with E-state index in [4.69, 9.17) is 0 Å². The van der Waals surface area contributed by atoms with Gasteiger partial charge in [0.25, 0.3) is 0 Å². The van der Waals surface area contributed by atoms with Gasteiger partial charge in [-0.2, -0.15) is 0 Å². The fourth-order valence-electron chi connectivity index (χ4n) is 3.35. The molecule has 1 N–H and O–H groups in total. The van der Waals surface area contributed by atoms with Crippen molar-refractivity contribution in [2.75, 3.05) is 11.4 Å². The number of nitrogens with zero attached hydrogens (tertiary/aromatic N) is 1. The maximum absolute atomic E-state index is 12.0. The third-order valence-electron chi connectivity index (χ3n) is 4.66. The second kappa shape index (κ2) is 7.44. The summed E-state index contributed by atoms with van der Waals surface area (Å²) >= 11 is 0. The molecule has 0 aromatic heterocycles. The number of hydrogen-bond donors (Lipinski definition) is 1. The van der Waals surface area contributed by atoms with Crippen LogP contribution in [0.2, 0.25) is 0 Å². The molecular formula is C19H24N2O2. The van der Waals surface area contributed by atoms with Crippen LogP contribution in [0.25, 0.3) is 6.08 Å². The third-order valence-corrected chi connectivity index (χ3v) is 4.66. The van der Waals surface area contributed by atoms with E-state index in [1.165, 1.54) is 19.3 Å². The lowest BCUT2D eigenvalue weighted by Gasteiger charge is -2.21. The highest BCUT2D eigenvalue weighted by Crippen LogP contribution is 2.22. The smallest absolute Gasteiger partial charge is 0.244 e. The van der Waals surface area contributed by atoms with Crippen molar-refractivity contribution in [3.05, 3.63) is 35.9 Å². The van der Waals surface area contributed by atoms with Gasteiger partial charge in [0.1, 0.15) is 0 Å². The van der Waals surface area contributed by atoms with Gasteiger partial charge in [-0.1, -0.05) is 31.4 Å². The zero-order valence-electron chi connectivity index (χ0n) is 13.5. The Balaban J connectivity index is 1.54. The standard InChI is InChI=1S/C19H24N2O2/c22-18(20-16-5-2-1-3-6-16)13-10-15-8-11-17(12-9-15)21-14-4-7-19(21)23/h8-13,16H,1-7,14H2,(H,20,22)/b13-10+. The van der Waals surface area contributed by atoms with Crippen molar-refractivity contribution in [3.63, 3.8) is 0 Å². The van der Waals surface area contributed by atoms with Gasteiger partial charge in [0, 0.05) is 30.8 Å². The number of nitrogens with one attached hydrogen (secondary N) is 1. The Hall–Kier alpha value is -2.10. The summed E-state index contributed by atoms with van der Waals surface area (Å²) in [6, 6.07) is 8.13. The number of carbonyl (C=O) groups excluding carboxylic acids is 2. The van der Waals surface area contributed by atoms with Crippen molar-refractivity contribution in [3.8, 4) is 0 Å². The van der Waals surface area contributed by atoms with Gasteiger partial charge < -0.3 is 10.2 Å². The monoisotopic (exact) mass is 312 g/mol. The highest BCUT2D eigenvalue weighted by molar-refractivity contribution is 5.95. The van der Waals surface area contributed by atoms with Crippen molar-refractivity contribution in [2.45, 2.75) is 51.0 Å². The lowest BCUT2D eigenvalue weighted by Crippen LogP contribution is -2.34. The SMILES string of the molecule is O=C(/C=C/c1ccc(N2CCCC2=O)cc1)NC1CCCCC1. The van der Waals surface area contributed by atoms with E-state index in [1.54, 1.807) is 6.08 Å². The van der Waals surface area contributed by atoms with Gasteiger partial charge in [0.05, 0.1) is 0 Å². The van der Waals surface area contributed by atoms with E-state index in [-0.39, 0.29) is 11.8 Å². The van der Waals surface area contributed by atoms with Crippen LogP contribution in [0.1, 0.15) is 50.5 Å². The van der Waals surface area contributed by atoms with Crippen molar-refractivity contribution < 1.29 is 9.59 Å². The number of hydrogen-bond acceptors (Lipinski definition) is 2. The average Bonchev–Trinajstić information content (AvgIpc) is 3.00. The van der Waals surface area contributed by atoms with Gasteiger partial charge in [0.15, 0.2) is 0 Å². The maximum atomic E-state index is 12.0. The quantitative estimate of drug-likeness (QED) is 0.867. The second-order valence-corrected chi connectivity index (χ2v) is 6.42. The minimum absolute atomic E-state index is 0.0179. The average molecular weight is 312 g/mol. The molecule has 0 bridgehead atoms. The zero-order valence-corrected chi connectivity index (χ0v) is 13.5. The lowest BCUT2D eigenvalue weighted by atomic mass is 9.95. The molecular weight excluding hydrogens is 288 g/mol. The predicted molar refractivity (Wildman–Crippen MR) is 92.1 cm³/mol. The van der Waals surface area contributed by atoms with Crippen molar-refractivity contribution in [1.82, 2.24) is 5.32 Å². The van der Waals surface area contributed by atoms with E-state index < -0.39 is 0 Å². The number of carbonyl (C=O) groups is 2. The van der Waals surface area contributed by atoms with Crippen LogP contribution in [-0.4, -0.2) is 24.4 Å². The Kier molecular flexibility index (Phi) is 5.11. The zero-order chi connectivity index (χ0) is 16.1. The molecule has 4 nitrogen and oxygen atoms in total. The van der Waals surface area contributed by atoms with E-state index >= 15 is 0 Å². The number of benzene rings is 1. The number of rotatable bonds is 4. The van der Waals surface area contributed by atoms with E-state index in [2.05, 4.69) is 5.32 Å². The fourth-order valence-corrected chi connectivity index (χ4v) is 3.35. The Morgan fingerprint density at radius 2 is 1.83 bits per heavy atom. The Morgan fingerprint density at radius 1 is 1.09 bits per heavy atom.